The van der Waals surface area contributed by atoms with E-state index in [1.54, 1.807) is 11.1 Å². The van der Waals surface area contributed by atoms with Crippen molar-refractivity contribution in [2.24, 2.45) is 11.8 Å². The first-order chi connectivity index (χ1) is 17.1. The van der Waals surface area contributed by atoms with Gasteiger partial charge in [0.1, 0.15) is 0 Å². The monoisotopic (exact) mass is 504 g/mol. The van der Waals surface area contributed by atoms with E-state index in [1.165, 1.54) is 19.2 Å². The highest BCUT2D eigenvalue weighted by Gasteiger charge is 2.35. The number of benzene rings is 1. The Labute approximate surface area is 208 Å². The van der Waals surface area contributed by atoms with Gasteiger partial charge < -0.3 is 15.0 Å². The normalized spacial score (nSPS) is 20.0. The van der Waals surface area contributed by atoms with Gasteiger partial charge >= 0.3 is 12.3 Å². The van der Waals surface area contributed by atoms with E-state index >= 15 is 0 Å². The van der Waals surface area contributed by atoms with Crippen LogP contribution in [0.2, 0.25) is 0 Å². The molecule has 1 saturated heterocycles. The van der Waals surface area contributed by atoms with Crippen molar-refractivity contribution in [3.05, 3.63) is 64.5 Å². The molecule has 2 unspecified atom stereocenters. The van der Waals surface area contributed by atoms with E-state index < -0.39 is 11.7 Å². The Balaban J connectivity index is 1.41. The number of methoxy groups -OCH3 is 1. The van der Waals surface area contributed by atoms with E-state index in [0.717, 1.165) is 35.4 Å². The van der Waals surface area contributed by atoms with Crippen molar-refractivity contribution in [3.63, 3.8) is 0 Å². The van der Waals surface area contributed by atoms with Crippen LogP contribution in [0.25, 0.3) is 0 Å². The minimum absolute atomic E-state index is 0.00203. The van der Waals surface area contributed by atoms with Crippen LogP contribution in [0.1, 0.15) is 59.1 Å². The predicted molar refractivity (Wildman–Crippen MR) is 127 cm³/mol. The minimum Gasteiger partial charge on any atom is -0.453 e. The van der Waals surface area contributed by atoms with Crippen LogP contribution < -0.4 is 5.32 Å². The summed E-state index contributed by atoms with van der Waals surface area (Å²) in [7, 11) is 1.35. The van der Waals surface area contributed by atoms with Gasteiger partial charge in [0.2, 0.25) is 0 Å². The van der Waals surface area contributed by atoms with Gasteiger partial charge in [0.05, 0.1) is 30.0 Å². The molecule has 0 aliphatic carbocycles. The number of alkyl halides is 3. The Morgan fingerprint density at radius 2 is 1.94 bits per heavy atom. The molecule has 7 nitrogen and oxygen atoms in total. The number of likely N-dealkylation sites (tertiary alicyclic amines) is 1. The molecule has 1 aromatic heterocycles. The van der Waals surface area contributed by atoms with Gasteiger partial charge in [-0.1, -0.05) is 26.0 Å². The molecule has 0 radical (unpaired) electrons. The molecule has 3 heterocycles. The maximum Gasteiger partial charge on any atom is 0.416 e. The van der Waals surface area contributed by atoms with Gasteiger partial charge in [-0.25, -0.2) is 4.79 Å². The zero-order chi connectivity index (χ0) is 26.0. The van der Waals surface area contributed by atoms with E-state index in [9.17, 15) is 22.8 Å². The molecule has 2 aliphatic rings. The van der Waals surface area contributed by atoms with E-state index in [0.29, 0.717) is 38.3 Å². The molecular formula is C26H31F3N4O3. The Morgan fingerprint density at radius 3 is 2.58 bits per heavy atom. The first kappa shape index (κ1) is 25.9. The maximum absolute atomic E-state index is 12.9. The lowest BCUT2D eigenvalue weighted by Crippen LogP contribution is -2.33. The first-order valence-corrected chi connectivity index (χ1v) is 12.1. The molecule has 194 valence electrons. The number of nitrogens with zero attached hydrogens (tertiary/aromatic N) is 3. The van der Waals surface area contributed by atoms with Gasteiger partial charge in [-0.05, 0) is 47.6 Å². The number of hydrogen-bond donors (Lipinski definition) is 1. The second-order valence-corrected chi connectivity index (χ2v) is 9.84. The largest absolute Gasteiger partial charge is 0.453 e. The number of ether oxygens (including phenoxy) is 1. The molecular weight excluding hydrogens is 473 g/mol. The zero-order valence-electron chi connectivity index (χ0n) is 20.6. The van der Waals surface area contributed by atoms with Crippen molar-refractivity contribution in [2.45, 2.75) is 45.6 Å². The van der Waals surface area contributed by atoms with Gasteiger partial charge in [-0.3, -0.25) is 14.7 Å². The molecule has 1 aromatic carbocycles. The summed E-state index contributed by atoms with van der Waals surface area (Å²) in [6.07, 6.45) is -2.33. The Hall–Kier alpha value is -3.14. The number of nitrogens with one attached hydrogen (secondary N) is 1. The van der Waals surface area contributed by atoms with Crippen LogP contribution in [0.4, 0.5) is 18.0 Å². The zero-order valence-corrected chi connectivity index (χ0v) is 20.6. The third-order valence-electron chi connectivity index (χ3n) is 6.88. The molecule has 4 rings (SSSR count). The number of carbonyl (C=O) groups is 2. The van der Waals surface area contributed by atoms with E-state index in [2.05, 4.69) is 29.0 Å². The van der Waals surface area contributed by atoms with Gasteiger partial charge in [-0.15, -0.1) is 0 Å². The maximum atomic E-state index is 12.9. The highest BCUT2D eigenvalue weighted by molar-refractivity contribution is 5.94. The average molecular weight is 505 g/mol. The highest BCUT2D eigenvalue weighted by atomic mass is 19.4. The number of rotatable bonds is 6. The SMILES string of the molecule is COC(=O)N1CCC(CNC(=O)c2cnc3c(c2)CN(Cc2ccc(C(F)(F)F)cc2)C3C(C)C)C1. The molecule has 0 spiro atoms. The average Bonchev–Trinajstić information content (AvgIpc) is 3.45. The first-order valence-electron chi connectivity index (χ1n) is 12.1. The fraction of sp³-hybridized carbons (Fsp3) is 0.500. The fourth-order valence-corrected chi connectivity index (χ4v) is 5.09. The standard InChI is InChI=1S/C26H31F3N4O3/c1-16(2)23-22-20(15-33(23)13-17-4-6-21(7-5-17)26(27,28)29)10-19(12-30-22)24(34)31-11-18-8-9-32(14-18)25(35)36-3/h4-7,10,12,16,18,23H,8-9,11,13-15H2,1-3H3,(H,31,34). The smallest absolute Gasteiger partial charge is 0.416 e. The van der Waals surface area contributed by atoms with Crippen LogP contribution >= 0.6 is 0 Å². The van der Waals surface area contributed by atoms with Gasteiger partial charge in [0.25, 0.3) is 5.91 Å². The summed E-state index contributed by atoms with van der Waals surface area (Å²) in [6, 6.07) is 7.10. The number of amides is 2. The molecule has 0 bridgehead atoms. The molecule has 2 atom stereocenters. The van der Waals surface area contributed by atoms with Crippen LogP contribution in [0, 0.1) is 11.8 Å². The topological polar surface area (TPSA) is 74.8 Å². The van der Waals surface area contributed by atoms with Crippen molar-refractivity contribution in [2.75, 3.05) is 26.7 Å². The molecule has 2 aromatic rings. The fourth-order valence-electron chi connectivity index (χ4n) is 5.09. The second kappa shape index (κ2) is 10.5. The van der Waals surface area contributed by atoms with Crippen molar-refractivity contribution >= 4 is 12.0 Å². The number of carbonyl (C=O) groups excluding carboxylic acids is 2. The number of halogens is 3. The van der Waals surface area contributed by atoms with Crippen LogP contribution in [-0.2, 0) is 24.0 Å². The number of pyridine rings is 1. The highest BCUT2D eigenvalue weighted by Crippen LogP contribution is 2.39. The Kier molecular flexibility index (Phi) is 7.54. The van der Waals surface area contributed by atoms with Crippen molar-refractivity contribution in [3.8, 4) is 0 Å². The minimum atomic E-state index is -4.36. The summed E-state index contributed by atoms with van der Waals surface area (Å²) in [4.78, 5) is 32.9. The summed E-state index contributed by atoms with van der Waals surface area (Å²) >= 11 is 0. The Morgan fingerprint density at radius 1 is 1.22 bits per heavy atom. The molecule has 1 fully saturated rings. The van der Waals surface area contributed by atoms with E-state index in [4.69, 9.17) is 4.74 Å². The van der Waals surface area contributed by atoms with Gasteiger partial charge in [-0.2, -0.15) is 13.2 Å². The third-order valence-corrected chi connectivity index (χ3v) is 6.88. The number of aromatic nitrogens is 1. The van der Waals surface area contributed by atoms with Crippen LogP contribution in [0.3, 0.4) is 0 Å². The summed E-state index contributed by atoms with van der Waals surface area (Å²) < 4.78 is 43.5. The van der Waals surface area contributed by atoms with Crippen molar-refractivity contribution < 1.29 is 27.5 Å². The van der Waals surface area contributed by atoms with Crippen LogP contribution in [0.15, 0.2) is 36.5 Å². The van der Waals surface area contributed by atoms with Crippen molar-refractivity contribution in [1.29, 1.82) is 0 Å². The lowest BCUT2D eigenvalue weighted by atomic mass is 9.99. The predicted octanol–water partition coefficient (Wildman–Crippen LogP) is 4.63. The van der Waals surface area contributed by atoms with Gasteiger partial charge in [0.15, 0.2) is 0 Å². The molecule has 10 heteroatoms. The summed E-state index contributed by atoms with van der Waals surface area (Å²) in [5, 5.41) is 2.95. The summed E-state index contributed by atoms with van der Waals surface area (Å²) in [6.45, 7) is 6.82. The number of hydrogen-bond acceptors (Lipinski definition) is 5. The van der Waals surface area contributed by atoms with E-state index in [1.807, 2.05) is 6.07 Å². The third kappa shape index (κ3) is 5.64. The van der Waals surface area contributed by atoms with Crippen LogP contribution in [-0.4, -0.2) is 53.5 Å². The Bertz CT molecular complexity index is 1100. The quantitative estimate of drug-likeness (QED) is 0.621. The second-order valence-electron chi connectivity index (χ2n) is 9.84. The molecule has 1 N–H and O–H groups in total. The van der Waals surface area contributed by atoms with Gasteiger partial charge in [0, 0.05) is 38.9 Å². The number of fused-ring (bicyclic) bond motifs is 1. The molecule has 36 heavy (non-hydrogen) atoms. The summed E-state index contributed by atoms with van der Waals surface area (Å²) in [5.74, 6) is 0.178. The molecule has 0 saturated carbocycles. The van der Waals surface area contributed by atoms with Crippen LogP contribution in [0.5, 0.6) is 0 Å². The van der Waals surface area contributed by atoms with E-state index in [-0.39, 0.29) is 29.9 Å². The molecule has 2 amide bonds. The lowest BCUT2D eigenvalue weighted by Gasteiger charge is -2.27. The van der Waals surface area contributed by atoms with Crippen molar-refractivity contribution in [1.82, 2.24) is 20.1 Å². The summed E-state index contributed by atoms with van der Waals surface area (Å²) in [5.41, 5.74) is 2.45. The molecule has 2 aliphatic heterocycles. The lowest BCUT2D eigenvalue weighted by molar-refractivity contribution is -0.137.